The van der Waals surface area contributed by atoms with Gasteiger partial charge in [0, 0.05) is 18.0 Å². The highest BCUT2D eigenvalue weighted by Gasteiger charge is 2.38. The number of thiophene rings is 1. The van der Waals surface area contributed by atoms with Crippen LogP contribution in [0.1, 0.15) is 16.3 Å². The number of fused-ring (bicyclic) bond motifs is 1. The van der Waals surface area contributed by atoms with Crippen LogP contribution in [0.4, 0.5) is 23.7 Å². The number of anilines is 1. The number of nitrogens with one attached hydrogen (secondary N) is 1. The Morgan fingerprint density at radius 2 is 2.00 bits per heavy atom. The molecule has 6 nitrogen and oxygen atoms in total. The number of alkyl halides is 3. The van der Waals surface area contributed by atoms with Crippen molar-refractivity contribution in [3.05, 3.63) is 50.6 Å². The lowest BCUT2D eigenvalue weighted by Gasteiger charge is -2.27. The highest BCUT2D eigenvalue weighted by Crippen LogP contribution is 2.36. The van der Waals surface area contributed by atoms with E-state index in [-0.39, 0.29) is 18.4 Å². The Kier molecular flexibility index (Phi) is 5.18. The third-order valence-electron chi connectivity index (χ3n) is 4.24. The van der Waals surface area contributed by atoms with E-state index in [1.807, 2.05) is 0 Å². The first-order valence-corrected chi connectivity index (χ1v) is 9.82. The van der Waals surface area contributed by atoms with Gasteiger partial charge in [-0.1, -0.05) is 34.4 Å². The van der Waals surface area contributed by atoms with Gasteiger partial charge in [0.25, 0.3) is 0 Å². The van der Waals surface area contributed by atoms with Crippen LogP contribution in [0.25, 0.3) is 10.7 Å². The van der Waals surface area contributed by atoms with Crippen LogP contribution in [-0.2, 0) is 19.1 Å². The molecule has 0 spiro atoms. The van der Waals surface area contributed by atoms with Gasteiger partial charge in [0.05, 0.1) is 20.6 Å². The number of aromatic nitrogens is 2. The summed E-state index contributed by atoms with van der Waals surface area (Å²) in [5.41, 5.74) is 1.14. The van der Waals surface area contributed by atoms with Gasteiger partial charge in [-0.3, -0.25) is 0 Å². The normalized spacial score (nSPS) is 14.0. The molecule has 12 heteroatoms. The topological polar surface area (TPSA) is 71.3 Å². The maximum atomic E-state index is 12.7. The van der Waals surface area contributed by atoms with Crippen LogP contribution in [-0.4, -0.2) is 27.6 Å². The number of amides is 2. The van der Waals surface area contributed by atoms with Crippen molar-refractivity contribution in [2.75, 3.05) is 11.9 Å². The Labute approximate surface area is 176 Å². The molecular weight excluding hydrogens is 452 g/mol. The van der Waals surface area contributed by atoms with Crippen molar-refractivity contribution >= 4 is 46.3 Å². The van der Waals surface area contributed by atoms with Crippen LogP contribution in [0, 0.1) is 0 Å². The Morgan fingerprint density at radius 1 is 1.28 bits per heavy atom. The molecule has 2 amide bonds. The smallest absolute Gasteiger partial charge is 0.329 e. The minimum absolute atomic E-state index is 0.129. The van der Waals surface area contributed by atoms with E-state index < -0.39 is 12.1 Å². The van der Waals surface area contributed by atoms with Gasteiger partial charge < -0.3 is 14.7 Å². The fourth-order valence-corrected chi connectivity index (χ4v) is 4.44. The van der Waals surface area contributed by atoms with E-state index in [1.54, 1.807) is 29.2 Å². The van der Waals surface area contributed by atoms with Crippen LogP contribution < -0.4 is 5.32 Å². The molecule has 3 heterocycles. The summed E-state index contributed by atoms with van der Waals surface area (Å²) >= 11 is 13.4. The van der Waals surface area contributed by atoms with E-state index >= 15 is 0 Å². The van der Waals surface area contributed by atoms with Crippen molar-refractivity contribution in [1.82, 2.24) is 15.0 Å². The Balaban J connectivity index is 1.50. The highest BCUT2D eigenvalue weighted by molar-refractivity contribution is 7.15. The number of benzene rings is 1. The molecule has 1 N–H and O–H groups in total. The molecule has 1 aliphatic rings. The quantitative estimate of drug-likeness (QED) is 0.528. The summed E-state index contributed by atoms with van der Waals surface area (Å²) in [4.78, 5) is 19.0. The van der Waals surface area contributed by atoms with Gasteiger partial charge in [-0.15, -0.1) is 11.3 Å². The number of urea groups is 1. The zero-order valence-electron chi connectivity index (χ0n) is 14.4. The molecule has 0 unspecified atom stereocenters. The lowest BCUT2D eigenvalue weighted by molar-refractivity contribution is -0.159. The van der Waals surface area contributed by atoms with Crippen LogP contribution >= 0.6 is 34.5 Å². The SMILES string of the molecule is O=C(Nc1c(Cl)cccc1Cl)N1CCc2sc(-c3noc(C(F)(F)F)n3)cc2C1. The maximum Gasteiger partial charge on any atom is 0.471 e. The standard InChI is InChI=1S/C17H11Cl2F3N4O2S/c18-9-2-1-3-10(19)13(9)23-16(27)26-5-4-11-8(7-26)6-12(29-11)14-24-15(28-25-14)17(20,21)22/h1-3,6H,4-5,7H2,(H,23,27). The predicted molar refractivity (Wildman–Crippen MR) is 102 cm³/mol. The molecule has 29 heavy (non-hydrogen) atoms. The first kappa shape index (κ1) is 20.0. The molecule has 0 radical (unpaired) electrons. The second-order valence-electron chi connectivity index (χ2n) is 6.18. The van der Waals surface area contributed by atoms with Gasteiger partial charge in [0.1, 0.15) is 0 Å². The number of para-hydroxylation sites is 1. The van der Waals surface area contributed by atoms with Crippen molar-refractivity contribution < 1.29 is 22.5 Å². The van der Waals surface area contributed by atoms with E-state index in [4.69, 9.17) is 23.2 Å². The van der Waals surface area contributed by atoms with Crippen LogP contribution in [0.2, 0.25) is 10.0 Å². The van der Waals surface area contributed by atoms with Gasteiger partial charge in [-0.25, -0.2) is 4.79 Å². The third-order valence-corrected chi connectivity index (χ3v) is 6.10. The lowest BCUT2D eigenvalue weighted by Crippen LogP contribution is -2.38. The van der Waals surface area contributed by atoms with Crippen molar-refractivity contribution in [1.29, 1.82) is 0 Å². The number of carbonyl (C=O) groups excluding carboxylic acids is 1. The molecule has 4 rings (SSSR count). The fourth-order valence-electron chi connectivity index (χ4n) is 2.86. The number of nitrogens with zero attached hydrogens (tertiary/aromatic N) is 3. The number of hydrogen-bond donors (Lipinski definition) is 1. The molecule has 3 aromatic rings. The maximum absolute atomic E-state index is 12.7. The van der Waals surface area contributed by atoms with Crippen LogP contribution in [0.15, 0.2) is 28.8 Å². The molecule has 0 fully saturated rings. The van der Waals surface area contributed by atoms with Crippen molar-refractivity contribution in [3.63, 3.8) is 0 Å². The molecule has 152 valence electrons. The first-order chi connectivity index (χ1) is 13.7. The highest BCUT2D eigenvalue weighted by atomic mass is 35.5. The zero-order chi connectivity index (χ0) is 20.8. The van der Waals surface area contributed by atoms with E-state index in [9.17, 15) is 18.0 Å². The molecule has 0 saturated carbocycles. The van der Waals surface area contributed by atoms with Crippen molar-refractivity contribution in [2.24, 2.45) is 0 Å². The molecule has 0 aliphatic carbocycles. The van der Waals surface area contributed by atoms with Gasteiger partial charge >= 0.3 is 18.1 Å². The largest absolute Gasteiger partial charge is 0.471 e. The summed E-state index contributed by atoms with van der Waals surface area (Å²) < 4.78 is 42.3. The van der Waals surface area contributed by atoms with E-state index in [2.05, 4.69) is 20.0 Å². The molecule has 1 aromatic carbocycles. The summed E-state index contributed by atoms with van der Waals surface area (Å²) in [7, 11) is 0. The second kappa shape index (κ2) is 7.51. The number of halogens is 5. The predicted octanol–water partition coefficient (Wildman–Crippen LogP) is 5.71. The Morgan fingerprint density at radius 3 is 2.66 bits per heavy atom. The van der Waals surface area contributed by atoms with E-state index in [0.29, 0.717) is 33.6 Å². The number of rotatable bonds is 2. The monoisotopic (exact) mass is 462 g/mol. The second-order valence-corrected chi connectivity index (χ2v) is 8.13. The number of hydrogen-bond acceptors (Lipinski definition) is 5. The molecule has 1 aliphatic heterocycles. The number of carbonyl (C=O) groups is 1. The molecular formula is C17H11Cl2F3N4O2S. The summed E-state index contributed by atoms with van der Waals surface area (Å²) in [5.74, 6) is -1.52. The zero-order valence-corrected chi connectivity index (χ0v) is 16.7. The first-order valence-electron chi connectivity index (χ1n) is 8.25. The van der Waals surface area contributed by atoms with Gasteiger partial charge in [0.2, 0.25) is 5.82 Å². The van der Waals surface area contributed by atoms with E-state index in [1.165, 1.54) is 11.3 Å². The fraction of sp³-hybridized carbons (Fsp3) is 0.235. The lowest BCUT2D eigenvalue weighted by atomic mass is 10.1. The van der Waals surface area contributed by atoms with E-state index in [0.717, 1.165) is 10.4 Å². The van der Waals surface area contributed by atoms with Gasteiger partial charge in [0.15, 0.2) is 0 Å². The summed E-state index contributed by atoms with van der Waals surface area (Å²) in [6.45, 7) is 0.713. The average Bonchev–Trinajstić information content (AvgIpc) is 3.30. The third kappa shape index (κ3) is 4.05. The average molecular weight is 463 g/mol. The summed E-state index contributed by atoms with van der Waals surface area (Å²) in [6, 6.07) is 6.19. The van der Waals surface area contributed by atoms with Crippen LogP contribution in [0.3, 0.4) is 0 Å². The molecule has 2 aromatic heterocycles. The molecule has 0 bridgehead atoms. The molecule has 0 atom stereocenters. The van der Waals surface area contributed by atoms with Gasteiger partial charge in [-0.05, 0) is 30.2 Å². The summed E-state index contributed by atoms with van der Waals surface area (Å²) in [5, 5.41) is 6.74. The molecule has 0 saturated heterocycles. The summed E-state index contributed by atoms with van der Waals surface area (Å²) in [6.07, 6.45) is -4.15. The van der Waals surface area contributed by atoms with Crippen molar-refractivity contribution in [2.45, 2.75) is 19.1 Å². The minimum atomic E-state index is -4.70. The van der Waals surface area contributed by atoms with Crippen LogP contribution in [0.5, 0.6) is 0 Å². The Hall–Kier alpha value is -2.30. The minimum Gasteiger partial charge on any atom is -0.329 e. The Bertz CT molecular complexity index is 1060. The van der Waals surface area contributed by atoms with Crippen molar-refractivity contribution in [3.8, 4) is 10.7 Å². The van der Waals surface area contributed by atoms with Gasteiger partial charge in [-0.2, -0.15) is 18.2 Å².